The molecule has 0 bridgehead atoms. The predicted molar refractivity (Wildman–Crippen MR) is 85.1 cm³/mol. The van der Waals surface area contributed by atoms with Crippen molar-refractivity contribution in [2.45, 2.75) is 12.8 Å². The summed E-state index contributed by atoms with van der Waals surface area (Å²) in [6, 6.07) is 17.7. The summed E-state index contributed by atoms with van der Waals surface area (Å²) in [6.45, 7) is 2.92. The van der Waals surface area contributed by atoms with Gasteiger partial charge in [-0.05, 0) is 36.5 Å². The molecule has 1 aliphatic rings. The van der Waals surface area contributed by atoms with Crippen molar-refractivity contribution in [2.75, 3.05) is 19.8 Å². The van der Waals surface area contributed by atoms with Crippen LogP contribution in [0.2, 0.25) is 0 Å². The van der Waals surface area contributed by atoms with Crippen LogP contribution in [0.1, 0.15) is 12.8 Å². The zero-order valence-corrected chi connectivity index (χ0v) is 12.1. The first-order valence-corrected chi connectivity index (χ1v) is 7.41. The van der Waals surface area contributed by atoms with Crippen molar-refractivity contribution in [3.63, 3.8) is 0 Å². The minimum Gasteiger partial charge on any atom is -0.458 e. The Morgan fingerprint density at radius 2 is 1.62 bits per heavy atom. The Kier molecular flexibility index (Phi) is 4.92. The largest absolute Gasteiger partial charge is 0.458 e. The lowest BCUT2D eigenvalue weighted by molar-refractivity contribution is 0.160. The van der Waals surface area contributed by atoms with Gasteiger partial charge in [0.25, 0.3) is 0 Å². The van der Waals surface area contributed by atoms with Crippen molar-refractivity contribution in [3.05, 3.63) is 54.6 Å². The first-order valence-electron chi connectivity index (χ1n) is 7.41. The van der Waals surface area contributed by atoms with Gasteiger partial charge < -0.3 is 9.39 Å². The summed E-state index contributed by atoms with van der Waals surface area (Å²) in [5, 5.41) is 0. The number of nitrogens with zero attached hydrogens (tertiary/aromatic N) is 1. The van der Waals surface area contributed by atoms with Crippen LogP contribution < -0.4 is 10.2 Å². The number of para-hydroxylation sites is 2. The third-order valence-electron chi connectivity index (χ3n) is 3.56. The normalized spacial score (nSPS) is 15.0. The van der Waals surface area contributed by atoms with Crippen LogP contribution in [0.3, 0.4) is 0 Å². The minimum atomic E-state index is 0.652. The highest BCUT2D eigenvalue weighted by molar-refractivity contribution is 6.48. The Balaban J connectivity index is 1.59. The van der Waals surface area contributed by atoms with E-state index in [0.717, 1.165) is 30.1 Å². The van der Waals surface area contributed by atoms with Crippen molar-refractivity contribution >= 4 is 12.9 Å². The van der Waals surface area contributed by atoms with Gasteiger partial charge in [-0.1, -0.05) is 36.4 Å². The molecule has 0 aromatic heterocycles. The molecule has 1 heterocycles. The van der Waals surface area contributed by atoms with E-state index in [1.807, 2.05) is 54.6 Å². The molecule has 1 fully saturated rings. The number of ether oxygens (including phenoxy) is 1. The average Bonchev–Trinajstić information content (AvgIpc) is 3.03. The Hall–Kier alpha value is -1.78. The van der Waals surface area contributed by atoms with Gasteiger partial charge in [0.05, 0.1) is 6.73 Å². The van der Waals surface area contributed by atoms with E-state index in [4.69, 9.17) is 9.39 Å². The van der Waals surface area contributed by atoms with Gasteiger partial charge in [-0.3, -0.25) is 4.90 Å². The highest BCUT2D eigenvalue weighted by Gasteiger charge is 2.12. The standard InChI is InChI=1S/C17H19BNO2/c1-2-8-15(9-3-1)21-17-11-5-4-10-16(17)18-20-14-19-12-6-7-13-19/h1-5,8-11H,6-7,12-14H2. The van der Waals surface area contributed by atoms with Gasteiger partial charge in [0.2, 0.25) is 0 Å². The van der Waals surface area contributed by atoms with E-state index in [0.29, 0.717) is 6.73 Å². The molecule has 0 unspecified atom stereocenters. The van der Waals surface area contributed by atoms with Crippen LogP contribution in [0.4, 0.5) is 0 Å². The molecular formula is C17H19BNO2. The van der Waals surface area contributed by atoms with Gasteiger partial charge in [-0.15, -0.1) is 0 Å². The molecule has 4 heteroatoms. The zero-order valence-electron chi connectivity index (χ0n) is 12.1. The van der Waals surface area contributed by atoms with E-state index in [9.17, 15) is 0 Å². The molecule has 2 aromatic carbocycles. The molecule has 1 radical (unpaired) electrons. The number of benzene rings is 2. The maximum absolute atomic E-state index is 5.91. The summed E-state index contributed by atoms with van der Waals surface area (Å²) in [6.07, 6.45) is 2.55. The molecule has 0 atom stereocenters. The van der Waals surface area contributed by atoms with E-state index < -0.39 is 0 Å². The third kappa shape index (κ3) is 4.10. The van der Waals surface area contributed by atoms with E-state index in [1.54, 1.807) is 7.48 Å². The molecule has 1 aliphatic heterocycles. The zero-order chi connectivity index (χ0) is 14.3. The molecule has 0 N–H and O–H groups in total. The third-order valence-corrected chi connectivity index (χ3v) is 3.56. The molecule has 107 valence electrons. The molecule has 3 nitrogen and oxygen atoms in total. The molecule has 0 amide bonds. The van der Waals surface area contributed by atoms with Gasteiger partial charge in [-0.25, -0.2) is 0 Å². The Morgan fingerprint density at radius 3 is 2.43 bits per heavy atom. The topological polar surface area (TPSA) is 21.7 Å². The fourth-order valence-corrected chi connectivity index (χ4v) is 2.43. The highest BCUT2D eigenvalue weighted by atomic mass is 16.5. The van der Waals surface area contributed by atoms with Crippen molar-refractivity contribution in [1.29, 1.82) is 0 Å². The van der Waals surface area contributed by atoms with Gasteiger partial charge in [0, 0.05) is 13.1 Å². The van der Waals surface area contributed by atoms with Crippen LogP contribution in [0.5, 0.6) is 11.5 Å². The van der Waals surface area contributed by atoms with E-state index >= 15 is 0 Å². The molecule has 21 heavy (non-hydrogen) atoms. The summed E-state index contributed by atoms with van der Waals surface area (Å²) in [4.78, 5) is 2.32. The summed E-state index contributed by atoms with van der Waals surface area (Å²) in [5.41, 5.74) is 0.959. The molecular weight excluding hydrogens is 261 g/mol. The van der Waals surface area contributed by atoms with Crippen LogP contribution in [0, 0.1) is 0 Å². The van der Waals surface area contributed by atoms with E-state index in [-0.39, 0.29) is 0 Å². The van der Waals surface area contributed by atoms with Crippen molar-refractivity contribution in [1.82, 2.24) is 4.90 Å². The van der Waals surface area contributed by atoms with E-state index in [1.165, 1.54) is 12.8 Å². The second-order valence-electron chi connectivity index (χ2n) is 5.19. The molecule has 1 saturated heterocycles. The second-order valence-corrected chi connectivity index (χ2v) is 5.19. The lowest BCUT2D eigenvalue weighted by Crippen LogP contribution is -2.28. The Labute approximate surface area is 126 Å². The summed E-state index contributed by atoms with van der Waals surface area (Å²) < 4.78 is 11.6. The fourth-order valence-electron chi connectivity index (χ4n) is 2.43. The van der Waals surface area contributed by atoms with Gasteiger partial charge >= 0.3 is 7.48 Å². The maximum Gasteiger partial charge on any atom is 0.335 e. The lowest BCUT2D eigenvalue weighted by Gasteiger charge is -2.15. The minimum absolute atomic E-state index is 0.652. The van der Waals surface area contributed by atoms with Crippen molar-refractivity contribution < 1.29 is 9.39 Å². The summed E-state index contributed by atoms with van der Waals surface area (Å²) in [5.74, 6) is 1.64. The first kappa shape index (κ1) is 14.2. The number of likely N-dealkylation sites (tertiary alicyclic amines) is 1. The van der Waals surface area contributed by atoms with Crippen LogP contribution in [0.25, 0.3) is 0 Å². The van der Waals surface area contributed by atoms with Crippen molar-refractivity contribution in [3.8, 4) is 11.5 Å². The van der Waals surface area contributed by atoms with Gasteiger partial charge in [0.15, 0.2) is 0 Å². The first-order chi connectivity index (χ1) is 10.4. The Bertz CT molecular complexity index is 556. The number of rotatable bonds is 6. The summed E-state index contributed by atoms with van der Waals surface area (Å²) in [7, 11) is 1.79. The Morgan fingerprint density at radius 1 is 0.905 bits per heavy atom. The van der Waals surface area contributed by atoms with Crippen LogP contribution >= 0.6 is 0 Å². The monoisotopic (exact) mass is 280 g/mol. The maximum atomic E-state index is 5.91. The van der Waals surface area contributed by atoms with Crippen molar-refractivity contribution in [2.24, 2.45) is 0 Å². The second kappa shape index (κ2) is 7.30. The SMILES string of the molecule is [B](OCN1CCCC1)c1ccccc1Oc1ccccc1. The molecule has 0 spiro atoms. The van der Waals surface area contributed by atoms with Crippen LogP contribution in [0.15, 0.2) is 54.6 Å². The van der Waals surface area contributed by atoms with Crippen LogP contribution in [-0.2, 0) is 4.65 Å². The molecule has 3 rings (SSSR count). The smallest absolute Gasteiger partial charge is 0.335 e. The van der Waals surface area contributed by atoms with Gasteiger partial charge in [0.1, 0.15) is 11.5 Å². The highest BCUT2D eigenvalue weighted by Crippen LogP contribution is 2.18. The quantitative estimate of drug-likeness (QED) is 0.759. The molecule has 0 saturated carbocycles. The predicted octanol–water partition coefficient (Wildman–Crippen LogP) is 2.79. The van der Waals surface area contributed by atoms with Crippen LogP contribution in [-0.4, -0.2) is 32.2 Å². The molecule has 0 aliphatic carbocycles. The fraction of sp³-hybridized carbons (Fsp3) is 0.294. The number of hydrogen-bond donors (Lipinski definition) is 0. The lowest BCUT2D eigenvalue weighted by atomic mass is 9.87. The summed E-state index contributed by atoms with van der Waals surface area (Å²) >= 11 is 0. The average molecular weight is 280 g/mol. The van der Waals surface area contributed by atoms with E-state index in [2.05, 4.69) is 4.90 Å². The molecule has 2 aromatic rings. The number of hydrogen-bond acceptors (Lipinski definition) is 3. The van der Waals surface area contributed by atoms with Gasteiger partial charge in [-0.2, -0.15) is 0 Å².